The van der Waals surface area contributed by atoms with Gasteiger partial charge in [0.25, 0.3) is 15.9 Å². The van der Waals surface area contributed by atoms with E-state index in [-0.39, 0.29) is 15.8 Å². The van der Waals surface area contributed by atoms with E-state index in [9.17, 15) is 13.2 Å². The summed E-state index contributed by atoms with van der Waals surface area (Å²) in [6.07, 6.45) is 1.28. The summed E-state index contributed by atoms with van der Waals surface area (Å²) < 4.78 is 28.5. The normalized spacial score (nSPS) is 11.3. The minimum Gasteiger partial charge on any atom is -0.355 e. The number of thiophene rings is 1. The van der Waals surface area contributed by atoms with Crippen LogP contribution in [0.4, 0.5) is 5.00 Å². The van der Waals surface area contributed by atoms with E-state index in [1.165, 1.54) is 17.9 Å². The molecule has 2 aromatic rings. The number of nitrogens with zero attached hydrogens (tertiary/aromatic N) is 2. The smallest absolute Gasteiger partial charge is 0.265 e. The number of sulfonamides is 1. The number of nitrogens with one attached hydrogen (secondary N) is 2. The number of hydrogen-bond acceptors (Lipinski definition) is 5. The van der Waals surface area contributed by atoms with E-state index in [1.807, 2.05) is 0 Å². The second kappa shape index (κ2) is 5.25. The topological polar surface area (TPSA) is 93.1 Å². The molecule has 1 amide bonds. The number of amides is 1. The first-order valence-electron chi connectivity index (χ1n) is 5.68. The molecule has 0 unspecified atom stereocenters. The van der Waals surface area contributed by atoms with Crippen molar-refractivity contribution in [1.29, 1.82) is 0 Å². The van der Waals surface area contributed by atoms with Crippen LogP contribution < -0.4 is 10.0 Å². The van der Waals surface area contributed by atoms with Gasteiger partial charge >= 0.3 is 0 Å². The van der Waals surface area contributed by atoms with Gasteiger partial charge in [-0.2, -0.15) is 5.10 Å². The summed E-state index contributed by atoms with van der Waals surface area (Å²) in [6.45, 7) is 1.66. The van der Waals surface area contributed by atoms with Crippen LogP contribution in [0.1, 0.15) is 16.1 Å². The Morgan fingerprint density at radius 2 is 2.15 bits per heavy atom. The fourth-order valence-electron chi connectivity index (χ4n) is 1.62. The molecule has 0 bridgehead atoms. The highest BCUT2D eigenvalue weighted by molar-refractivity contribution is 7.93. The second-order valence-corrected chi connectivity index (χ2v) is 6.63. The van der Waals surface area contributed by atoms with Crippen LogP contribution in [0.25, 0.3) is 0 Å². The van der Waals surface area contributed by atoms with Crippen molar-refractivity contribution in [3.05, 3.63) is 28.9 Å². The Bertz CT molecular complexity index is 746. The molecule has 0 saturated carbocycles. The van der Waals surface area contributed by atoms with E-state index in [2.05, 4.69) is 15.1 Å². The summed E-state index contributed by atoms with van der Waals surface area (Å²) in [5, 5.41) is 8.31. The van der Waals surface area contributed by atoms with Crippen LogP contribution >= 0.6 is 11.3 Å². The minimum atomic E-state index is -3.76. The third kappa shape index (κ3) is 2.54. The van der Waals surface area contributed by atoms with Gasteiger partial charge < -0.3 is 5.32 Å². The van der Waals surface area contributed by atoms with Gasteiger partial charge in [0.1, 0.15) is 9.90 Å². The van der Waals surface area contributed by atoms with Crippen molar-refractivity contribution < 1.29 is 13.2 Å². The molecule has 0 atom stereocenters. The Morgan fingerprint density at radius 1 is 1.45 bits per heavy atom. The van der Waals surface area contributed by atoms with Crippen LogP contribution in [-0.4, -0.2) is 31.2 Å². The Morgan fingerprint density at radius 3 is 2.70 bits per heavy atom. The van der Waals surface area contributed by atoms with Gasteiger partial charge in [0.2, 0.25) is 0 Å². The molecule has 0 aliphatic rings. The molecule has 0 aliphatic heterocycles. The average molecular weight is 314 g/mol. The highest BCUT2D eigenvalue weighted by Crippen LogP contribution is 2.26. The van der Waals surface area contributed by atoms with Gasteiger partial charge in [0.05, 0.1) is 17.5 Å². The van der Waals surface area contributed by atoms with Crippen molar-refractivity contribution in [1.82, 2.24) is 15.1 Å². The average Bonchev–Trinajstić information content (AvgIpc) is 2.96. The molecule has 2 aromatic heterocycles. The van der Waals surface area contributed by atoms with Gasteiger partial charge in [-0.25, -0.2) is 8.42 Å². The maximum Gasteiger partial charge on any atom is 0.265 e. The molecule has 0 radical (unpaired) electrons. The minimum absolute atomic E-state index is 0.0938. The molecular weight excluding hydrogens is 300 g/mol. The third-order valence-corrected chi connectivity index (χ3v) is 5.26. The lowest BCUT2D eigenvalue weighted by Crippen LogP contribution is -2.20. The highest BCUT2D eigenvalue weighted by atomic mass is 32.2. The fraction of sp³-hybridized carbons (Fsp3) is 0.273. The van der Waals surface area contributed by atoms with Gasteiger partial charge in [-0.15, -0.1) is 11.3 Å². The maximum absolute atomic E-state index is 12.3. The molecule has 0 aromatic carbocycles. The van der Waals surface area contributed by atoms with Crippen molar-refractivity contribution in [2.75, 3.05) is 11.8 Å². The summed E-state index contributed by atoms with van der Waals surface area (Å²) in [5.74, 6) is -0.341. The maximum atomic E-state index is 12.3. The van der Waals surface area contributed by atoms with Crippen LogP contribution in [0.15, 0.2) is 22.5 Å². The first-order chi connectivity index (χ1) is 9.36. The van der Waals surface area contributed by atoms with E-state index in [4.69, 9.17) is 0 Å². The SMILES string of the molecule is CNC(=O)c1ccsc1NS(=O)(=O)c1cnn(C)c1C. The highest BCUT2D eigenvalue weighted by Gasteiger charge is 2.23. The van der Waals surface area contributed by atoms with Crippen LogP contribution in [0, 0.1) is 6.92 Å². The van der Waals surface area contributed by atoms with E-state index in [0.29, 0.717) is 11.3 Å². The predicted molar refractivity (Wildman–Crippen MR) is 76.5 cm³/mol. The molecule has 7 nitrogen and oxygen atoms in total. The molecule has 9 heteroatoms. The van der Waals surface area contributed by atoms with Crippen LogP contribution in [0.5, 0.6) is 0 Å². The summed E-state index contributed by atoms with van der Waals surface area (Å²) in [5.41, 5.74) is 0.818. The van der Waals surface area contributed by atoms with Gasteiger partial charge in [0.15, 0.2) is 0 Å². The van der Waals surface area contributed by atoms with Crippen molar-refractivity contribution in [2.24, 2.45) is 7.05 Å². The molecule has 2 N–H and O–H groups in total. The number of hydrogen-bond donors (Lipinski definition) is 2. The van der Waals surface area contributed by atoms with Gasteiger partial charge in [0, 0.05) is 14.1 Å². The number of rotatable bonds is 4. The van der Waals surface area contributed by atoms with Crippen LogP contribution in [-0.2, 0) is 17.1 Å². The number of anilines is 1. The first kappa shape index (κ1) is 14.5. The third-order valence-electron chi connectivity index (χ3n) is 2.84. The van der Waals surface area contributed by atoms with Crippen LogP contribution in [0.2, 0.25) is 0 Å². The lowest BCUT2D eigenvalue weighted by Gasteiger charge is -2.07. The van der Waals surface area contributed by atoms with Crippen molar-refractivity contribution in [3.8, 4) is 0 Å². The molecule has 0 spiro atoms. The van der Waals surface area contributed by atoms with Gasteiger partial charge in [-0.1, -0.05) is 0 Å². The number of carbonyl (C=O) groups excluding carboxylic acids is 1. The standard InChI is InChI=1S/C11H14N4O3S2/c1-7-9(6-13-15(7)3)20(17,18)14-11-8(4-5-19-11)10(16)12-2/h4-6,14H,1-3H3,(H,12,16). The molecular formula is C11H14N4O3S2. The van der Waals surface area contributed by atoms with Crippen molar-refractivity contribution >= 4 is 32.3 Å². The second-order valence-electron chi connectivity index (χ2n) is 4.07. The van der Waals surface area contributed by atoms with Crippen molar-refractivity contribution in [2.45, 2.75) is 11.8 Å². The number of aromatic nitrogens is 2. The molecule has 2 heterocycles. The van der Waals surface area contributed by atoms with Gasteiger partial charge in [-0.05, 0) is 18.4 Å². The fourth-order valence-corrected chi connectivity index (χ4v) is 3.94. The Labute approximate surface area is 120 Å². The Kier molecular flexibility index (Phi) is 3.82. The lowest BCUT2D eigenvalue weighted by molar-refractivity contribution is 0.0964. The zero-order chi connectivity index (χ0) is 14.9. The Hall–Kier alpha value is -1.87. The summed E-state index contributed by atoms with van der Waals surface area (Å²) >= 11 is 1.15. The summed E-state index contributed by atoms with van der Waals surface area (Å²) in [7, 11) is -0.608. The summed E-state index contributed by atoms with van der Waals surface area (Å²) in [6, 6.07) is 1.57. The van der Waals surface area contributed by atoms with Crippen LogP contribution in [0.3, 0.4) is 0 Å². The number of aryl methyl sites for hydroxylation is 1. The lowest BCUT2D eigenvalue weighted by atomic mass is 10.3. The molecule has 20 heavy (non-hydrogen) atoms. The zero-order valence-electron chi connectivity index (χ0n) is 11.2. The Balaban J connectivity index is 2.37. The van der Waals surface area contributed by atoms with E-state index in [0.717, 1.165) is 11.3 Å². The molecule has 108 valence electrons. The predicted octanol–water partition coefficient (Wildman–Crippen LogP) is 0.950. The quantitative estimate of drug-likeness (QED) is 0.878. The summed E-state index contributed by atoms with van der Waals surface area (Å²) in [4.78, 5) is 11.7. The van der Waals surface area contributed by atoms with E-state index in [1.54, 1.807) is 25.4 Å². The molecule has 0 aliphatic carbocycles. The van der Waals surface area contributed by atoms with E-state index < -0.39 is 10.0 Å². The number of carbonyl (C=O) groups is 1. The largest absolute Gasteiger partial charge is 0.355 e. The molecule has 0 fully saturated rings. The van der Waals surface area contributed by atoms with E-state index >= 15 is 0 Å². The monoisotopic (exact) mass is 314 g/mol. The molecule has 0 saturated heterocycles. The van der Waals surface area contributed by atoms with Crippen molar-refractivity contribution in [3.63, 3.8) is 0 Å². The van der Waals surface area contributed by atoms with Gasteiger partial charge in [-0.3, -0.25) is 14.2 Å². The zero-order valence-corrected chi connectivity index (χ0v) is 12.8. The molecule has 2 rings (SSSR count). The first-order valence-corrected chi connectivity index (χ1v) is 8.04.